The molecule has 110 valence electrons. The molecule has 0 bridgehead atoms. The summed E-state index contributed by atoms with van der Waals surface area (Å²) in [6.07, 6.45) is 0. The highest BCUT2D eigenvalue weighted by Crippen LogP contribution is 2.24. The highest BCUT2D eigenvalue weighted by molar-refractivity contribution is 7.99. The summed E-state index contributed by atoms with van der Waals surface area (Å²) in [7, 11) is 1.59. The molecule has 0 aliphatic carbocycles. The molecule has 22 heavy (non-hydrogen) atoms. The second-order valence-corrected chi connectivity index (χ2v) is 6.17. The third-order valence-corrected chi connectivity index (χ3v) is 4.74. The van der Waals surface area contributed by atoms with E-state index in [1.165, 1.54) is 23.1 Å². The second kappa shape index (κ2) is 6.22. The van der Waals surface area contributed by atoms with Gasteiger partial charge in [-0.3, -0.25) is 9.36 Å². The molecule has 0 unspecified atom stereocenters. The molecule has 0 aliphatic heterocycles. The Hall–Kier alpha value is -2.30. The summed E-state index contributed by atoms with van der Waals surface area (Å²) < 4.78 is 7.29. The van der Waals surface area contributed by atoms with Crippen LogP contribution in [-0.2, 0) is 0 Å². The van der Waals surface area contributed by atoms with Gasteiger partial charge in [-0.2, -0.15) is 5.26 Å². The van der Waals surface area contributed by atoms with Crippen molar-refractivity contribution < 1.29 is 4.74 Å². The number of hydrogen-bond donors (Lipinski definition) is 0. The largest absolute Gasteiger partial charge is 0.497 e. The first-order chi connectivity index (χ1) is 10.7. The summed E-state index contributed by atoms with van der Waals surface area (Å²) in [5.74, 6) is 0.950. The first-order valence-electron chi connectivity index (χ1n) is 6.39. The molecular formula is C15H11N3O2S2. The van der Waals surface area contributed by atoms with E-state index in [2.05, 4.69) is 11.1 Å². The van der Waals surface area contributed by atoms with Crippen LogP contribution in [0.5, 0.6) is 5.75 Å². The zero-order valence-corrected chi connectivity index (χ0v) is 13.3. The lowest BCUT2D eigenvalue weighted by atomic mass is 10.3. The highest BCUT2D eigenvalue weighted by Gasteiger charge is 2.14. The van der Waals surface area contributed by atoms with Crippen LogP contribution in [0, 0.1) is 11.3 Å². The molecule has 0 atom stereocenters. The van der Waals surface area contributed by atoms with E-state index in [0.717, 1.165) is 0 Å². The van der Waals surface area contributed by atoms with Crippen LogP contribution in [0.4, 0.5) is 0 Å². The van der Waals surface area contributed by atoms with Crippen molar-refractivity contribution in [1.29, 1.82) is 5.26 Å². The van der Waals surface area contributed by atoms with Crippen LogP contribution in [0.25, 0.3) is 15.9 Å². The minimum Gasteiger partial charge on any atom is -0.497 e. The van der Waals surface area contributed by atoms with Crippen LogP contribution in [-0.4, -0.2) is 22.4 Å². The standard InChI is InChI=1S/C15H11N3O2S2/c1-20-11-4-2-10(3-5-11)18-14(19)13-12(6-8-21-13)17-15(18)22-9-7-16/h2-6,8H,9H2,1H3. The van der Waals surface area contributed by atoms with E-state index in [9.17, 15) is 4.79 Å². The molecule has 3 rings (SSSR count). The second-order valence-electron chi connectivity index (χ2n) is 4.31. The highest BCUT2D eigenvalue weighted by atomic mass is 32.2. The number of rotatable bonds is 4. The fourth-order valence-corrected chi connectivity index (χ4v) is 3.48. The van der Waals surface area contributed by atoms with Gasteiger partial charge in [0.05, 0.1) is 30.1 Å². The molecule has 0 saturated carbocycles. The van der Waals surface area contributed by atoms with Crippen LogP contribution in [0.3, 0.4) is 0 Å². The Balaban J connectivity index is 2.22. The Morgan fingerprint density at radius 2 is 2.14 bits per heavy atom. The number of nitriles is 1. The molecule has 5 nitrogen and oxygen atoms in total. The maximum atomic E-state index is 12.7. The van der Waals surface area contributed by atoms with Crippen LogP contribution < -0.4 is 10.3 Å². The van der Waals surface area contributed by atoms with E-state index in [1.54, 1.807) is 35.9 Å². The summed E-state index contributed by atoms with van der Waals surface area (Å²) in [4.78, 5) is 17.2. The normalized spacial score (nSPS) is 10.5. The van der Waals surface area contributed by atoms with Crippen molar-refractivity contribution in [1.82, 2.24) is 9.55 Å². The maximum Gasteiger partial charge on any atom is 0.276 e. The van der Waals surface area contributed by atoms with Gasteiger partial charge in [0.2, 0.25) is 0 Å². The molecular weight excluding hydrogens is 318 g/mol. The Morgan fingerprint density at radius 3 is 2.82 bits per heavy atom. The minimum absolute atomic E-state index is 0.120. The van der Waals surface area contributed by atoms with Gasteiger partial charge in [-0.1, -0.05) is 11.8 Å². The van der Waals surface area contributed by atoms with Gasteiger partial charge in [0.1, 0.15) is 10.4 Å². The fourth-order valence-electron chi connectivity index (χ4n) is 2.04. The zero-order valence-electron chi connectivity index (χ0n) is 11.6. The molecule has 7 heteroatoms. The van der Waals surface area contributed by atoms with E-state index >= 15 is 0 Å². The van der Waals surface area contributed by atoms with Gasteiger partial charge >= 0.3 is 0 Å². The Labute approximate surface area is 134 Å². The molecule has 2 aromatic heterocycles. The minimum atomic E-state index is -0.120. The van der Waals surface area contributed by atoms with Crippen molar-refractivity contribution in [3.63, 3.8) is 0 Å². The quantitative estimate of drug-likeness (QED) is 0.543. The van der Waals surface area contributed by atoms with Crippen molar-refractivity contribution in [3.05, 3.63) is 46.1 Å². The van der Waals surface area contributed by atoms with Crippen molar-refractivity contribution in [2.45, 2.75) is 5.16 Å². The summed E-state index contributed by atoms with van der Waals surface area (Å²) in [6.45, 7) is 0. The molecule has 0 saturated heterocycles. The number of aromatic nitrogens is 2. The molecule has 0 N–H and O–H groups in total. The van der Waals surface area contributed by atoms with E-state index < -0.39 is 0 Å². The van der Waals surface area contributed by atoms with E-state index in [1.807, 2.05) is 11.4 Å². The van der Waals surface area contributed by atoms with Gasteiger partial charge in [0, 0.05) is 0 Å². The predicted molar refractivity (Wildman–Crippen MR) is 88.1 cm³/mol. The monoisotopic (exact) mass is 329 g/mol. The van der Waals surface area contributed by atoms with E-state index in [4.69, 9.17) is 10.00 Å². The van der Waals surface area contributed by atoms with Gasteiger partial charge in [-0.25, -0.2) is 4.98 Å². The van der Waals surface area contributed by atoms with Gasteiger partial charge < -0.3 is 4.74 Å². The summed E-state index contributed by atoms with van der Waals surface area (Å²) >= 11 is 2.62. The van der Waals surface area contributed by atoms with Crippen molar-refractivity contribution in [2.24, 2.45) is 0 Å². The molecule has 0 spiro atoms. The van der Waals surface area contributed by atoms with Crippen LogP contribution in [0.2, 0.25) is 0 Å². The lowest BCUT2D eigenvalue weighted by Gasteiger charge is -2.11. The first-order valence-corrected chi connectivity index (χ1v) is 8.25. The molecule has 3 aromatic rings. The number of methoxy groups -OCH3 is 1. The summed E-state index contributed by atoms with van der Waals surface area (Å²) in [5, 5.41) is 11.2. The SMILES string of the molecule is COc1ccc(-n2c(SCC#N)nc3ccsc3c2=O)cc1. The molecule has 0 amide bonds. The van der Waals surface area contributed by atoms with Crippen LogP contribution in [0.15, 0.2) is 45.7 Å². The van der Waals surface area contributed by atoms with Gasteiger partial charge in [-0.05, 0) is 35.7 Å². The van der Waals surface area contributed by atoms with Crippen molar-refractivity contribution in [2.75, 3.05) is 12.9 Å². The smallest absolute Gasteiger partial charge is 0.276 e. The summed E-state index contributed by atoms with van der Waals surface area (Å²) in [5.41, 5.74) is 1.25. The zero-order chi connectivity index (χ0) is 15.5. The number of fused-ring (bicyclic) bond motifs is 1. The fraction of sp³-hybridized carbons (Fsp3) is 0.133. The Kier molecular flexibility index (Phi) is 4.13. The topological polar surface area (TPSA) is 67.9 Å². The summed E-state index contributed by atoms with van der Waals surface area (Å²) in [6, 6.07) is 11.1. The number of ether oxygens (including phenoxy) is 1. The average Bonchev–Trinajstić information content (AvgIpc) is 3.02. The number of hydrogen-bond acceptors (Lipinski definition) is 6. The number of benzene rings is 1. The lowest BCUT2D eigenvalue weighted by Crippen LogP contribution is -2.20. The Morgan fingerprint density at radius 1 is 1.36 bits per heavy atom. The van der Waals surface area contributed by atoms with Gasteiger partial charge in [-0.15, -0.1) is 11.3 Å². The van der Waals surface area contributed by atoms with E-state index in [0.29, 0.717) is 26.8 Å². The lowest BCUT2D eigenvalue weighted by molar-refractivity contribution is 0.414. The number of nitrogens with zero attached hydrogens (tertiary/aromatic N) is 3. The third-order valence-electron chi connectivity index (χ3n) is 3.05. The van der Waals surface area contributed by atoms with E-state index in [-0.39, 0.29) is 11.3 Å². The van der Waals surface area contributed by atoms with Gasteiger partial charge in [0.15, 0.2) is 5.16 Å². The maximum absolute atomic E-state index is 12.7. The number of thioether (sulfide) groups is 1. The first kappa shape index (κ1) is 14.6. The Bertz CT molecular complexity index is 907. The molecule has 0 aliphatic rings. The molecule has 2 heterocycles. The molecule has 1 aromatic carbocycles. The predicted octanol–water partition coefficient (Wildman–Crippen LogP) is 3.07. The third kappa shape index (κ3) is 2.58. The van der Waals surface area contributed by atoms with Crippen LogP contribution in [0.1, 0.15) is 0 Å². The van der Waals surface area contributed by atoms with Crippen molar-refractivity contribution in [3.8, 4) is 17.5 Å². The van der Waals surface area contributed by atoms with Gasteiger partial charge in [0.25, 0.3) is 5.56 Å². The van der Waals surface area contributed by atoms with Crippen LogP contribution >= 0.6 is 23.1 Å². The molecule has 0 fully saturated rings. The molecule has 0 radical (unpaired) electrons. The average molecular weight is 329 g/mol. The number of thiophene rings is 1. The van der Waals surface area contributed by atoms with Crippen molar-refractivity contribution >= 4 is 33.3 Å².